The average Bonchev–Trinajstić information content (AvgIpc) is 3.01. The monoisotopic (exact) mass is 346 g/mol. The molecule has 1 aliphatic rings. The molecule has 1 aliphatic heterocycles. The molecule has 26 heavy (non-hydrogen) atoms. The fourth-order valence-electron chi connectivity index (χ4n) is 3.42. The molecule has 0 fully saturated rings. The van der Waals surface area contributed by atoms with Crippen LogP contribution in [0.4, 0.5) is 4.39 Å². The van der Waals surface area contributed by atoms with Crippen LogP contribution in [0.2, 0.25) is 0 Å². The molecule has 0 unspecified atom stereocenters. The van der Waals surface area contributed by atoms with E-state index in [2.05, 4.69) is 38.1 Å². The van der Waals surface area contributed by atoms with Crippen molar-refractivity contribution < 1.29 is 9.18 Å². The van der Waals surface area contributed by atoms with E-state index in [1.807, 2.05) is 4.68 Å². The number of aryl methyl sites for hydroxylation is 2. The van der Waals surface area contributed by atoms with Gasteiger partial charge < -0.3 is 0 Å². The number of carbonyl (C=O) groups excluding carboxylic acids is 1. The molecular formula is C22H19FN2O. The highest BCUT2D eigenvalue weighted by Gasteiger charge is 2.26. The van der Waals surface area contributed by atoms with Gasteiger partial charge in [-0.1, -0.05) is 36.8 Å². The van der Waals surface area contributed by atoms with Crippen LogP contribution < -0.4 is 0 Å². The maximum atomic E-state index is 13.3. The second-order valence-corrected chi connectivity index (χ2v) is 6.58. The number of allylic oxidation sites excluding steroid dienone is 1. The highest BCUT2D eigenvalue weighted by Crippen LogP contribution is 2.34. The second kappa shape index (κ2) is 6.37. The van der Waals surface area contributed by atoms with Gasteiger partial charge in [0.2, 0.25) is 0 Å². The number of halogens is 1. The van der Waals surface area contributed by atoms with Crippen LogP contribution in [0.15, 0.2) is 54.6 Å². The maximum Gasteiger partial charge on any atom is 0.163 e. The Bertz CT molecular complexity index is 1010. The SMILES string of the molecule is CCc1nn2c(c1-c1ccc(C)cc1)CC(=O)C=C2c1ccc(F)cc1. The Morgan fingerprint density at radius 2 is 1.69 bits per heavy atom. The Kier molecular flexibility index (Phi) is 4.03. The minimum Gasteiger partial charge on any atom is -0.294 e. The molecule has 0 amide bonds. The second-order valence-electron chi connectivity index (χ2n) is 6.58. The zero-order chi connectivity index (χ0) is 18.3. The lowest BCUT2D eigenvalue weighted by Crippen LogP contribution is -2.16. The highest BCUT2D eigenvalue weighted by atomic mass is 19.1. The van der Waals surface area contributed by atoms with E-state index in [0.717, 1.165) is 34.5 Å². The van der Waals surface area contributed by atoms with Gasteiger partial charge in [0.15, 0.2) is 5.78 Å². The molecule has 130 valence electrons. The molecule has 2 aromatic carbocycles. The number of hydrogen-bond donors (Lipinski definition) is 0. The van der Waals surface area contributed by atoms with E-state index in [9.17, 15) is 9.18 Å². The largest absolute Gasteiger partial charge is 0.294 e. The van der Waals surface area contributed by atoms with Crippen molar-refractivity contribution in [1.82, 2.24) is 9.78 Å². The van der Waals surface area contributed by atoms with Crippen LogP contribution in [0.5, 0.6) is 0 Å². The summed E-state index contributed by atoms with van der Waals surface area (Å²) in [5.74, 6) is -0.264. The zero-order valence-corrected chi connectivity index (χ0v) is 14.8. The molecule has 3 aromatic rings. The lowest BCUT2D eigenvalue weighted by molar-refractivity contribution is -0.114. The third kappa shape index (κ3) is 2.77. The summed E-state index contributed by atoms with van der Waals surface area (Å²) < 4.78 is 15.1. The van der Waals surface area contributed by atoms with Gasteiger partial charge >= 0.3 is 0 Å². The summed E-state index contributed by atoms with van der Waals surface area (Å²) in [6.07, 6.45) is 2.70. The third-order valence-electron chi connectivity index (χ3n) is 4.74. The molecule has 4 heteroatoms. The molecule has 0 aliphatic carbocycles. The summed E-state index contributed by atoms with van der Waals surface area (Å²) in [5.41, 5.74) is 6.64. The molecule has 1 aromatic heterocycles. The Morgan fingerprint density at radius 3 is 2.35 bits per heavy atom. The summed E-state index contributed by atoms with van der Waals surface area (Å²) in [6, 6.07) is 14.5. The third-order valence-corrected chi connectivity index (χ3v) is 4.74. The first-order chi connectivity index (χ1) is 12.6. The predicted molar refractivity (Wildman–Crippen MR) is 100 cm³/mol. The van der Waals surface area contributed by atoms with E-state index >= 15 is 0 Å². The molecule has 0 saturated heterocycles. The number of aromatic nitrogens is 2. The number of fused-ring (bicyclic) bond motifs is 1. The van der Waals surface area contributed by atoms with E-state index in [4.69, 9.17) is 5.10 Å². The Hall–Kier alpha value is -3.01. The van der Waals surface area contributed by atoms with Crippen molar-refractivity contribution in [1.29, 1.82) is 0 Å². The molecule has 2 heterocycles. The first-order valence-electron chi connectivity index (χ1n) is 8.75. The molecule has 0 spiro atoms. The normalized spacial score (nSPS) is 13.5. The number of nitrogens with zero attached hydrogens (tertiary/aromatic N) is 2. The van der Waals surface area contributed by atoms with Crippen molar-refractivity contribution in [2.45, 2.75) is 26.7 Å². The van der Waals surface area contributed by atoms with Crippen LogP contribution in [0, 0.1) is 12.7 Å². The number of ketones is 1. The molecular weight excluding hydrogens is 327 g/mol. The minimum absolute atomic E-state index is 0.0349. The molecule has 0 N–H and O–H groups in total. The molecule has 0 bridgehead atoms. The van der Waals surface area contributed by atoms with Crippen LogP contribution in [-0.2, 0) is 17.6 Å². The first-order valence-corrected chi connectivity index (χ1v) is 8.75. The average molecular weight is 346 g/mol. The van der Waals surface area contributed by atoms with Crippen molar-refractivity contribution in [3.05, 3.63) is 82.9 Å². The molecule has 3 nitrogen and oxygen atoms in total. The van der Waals surface area contributed by atoms with Crippen molar-refractivity contribution >= 4 is 11.5 Å². The number of hydrogen-bond acceptors (Lipinski definition) is 2. The van der Waals surface area contributed by atoms with E-state index < -0.39 is 0 Å². The van der Waals surface area contributed by atoms with Gasteiger partial charge in [-0.25, -0.2) is 9.07 Å². The summed E-state index contributed by atoms with van der Waals surface area (Å²) in [6.45, 7) is 4.12. The lowest BCUT2D eigenvalue weighted by atomic mass is 9.96. The molecule has 0 radical (unpaired) electrons. The number of benzene rings is 2. The van der Waals surface area contributed by atoms with Gasteiger partial charge in [-0.05, 0) is 43.2 Å². The van der Waals surface area contributed by atoms with Crippen molar-refractivity contribution in [3.8, 4) is 11.1 Å². The van der Waals surface area contributed by atoms with E-state index in [-0.39, 0.29) is 11.6 Å². The van der Waals surface area contributed by atoms with Gasteiger partial charge in [-0.15, -0.1) is 0 Å². The standard InChI is InChI=1S/C22H19FN2O/c1-3-19-22(16-6-4-14(2)5-7-16)21-13-18(26)12-20(25(21)24-19)15-8-10-17(23)11-9-15/h4-12H,3,13H2,1-2H3. The van der Waals surface area contributed by atoms with Crippen LogP contribution in [0.1, 0.15) is 29.4 Å². The number of rotatable bonds is 3. The minimum atomic E-state index is -0.299. The van der Waals surface area contributed by atoms with Gasteiger partial charge in [0.05, 0.1) is 23.5 Å². The van der Waals surface area contributed by atoms with Crippen LogP contribution in [0.3, 0.4) is 0 Å². The fourth-order valence-corrected chi connectivity index (χ4v) is 3.42. The van der Waals surface area contributed by atoms with Crippen LogP contribution >= 0.6 is 0 Å². The topological polar surface area (TPSA) is 34.9 Å². The Balaban J connectivity index is 1.91. The quantitative estimate of drug-likeness (QED) is 0.696. The fraction of sp³-hybridized carbons (Fsp3) is 0.182. The van der Waals surface area contributed by atoms with Gasteiger partial charge in [0.1, 0.15) is 5.82 Å². The summed E-state index contributed by atoms with van der Waals surface area (Å²) >= 11 is 0. The first kappa shape index (κ1) is 16.5. The summed E-state index contributed by atoms with van der Waals surface area (Å²) in [7, 11) is 0. The van der Waals surface area contributed by atoms with Gasteiger partial charge in [-0.3, -0.25) is 4.79 Å². The van der Waals surface area contributed by atoms with E-state index in [1.165, 1.54) is 17.7 Å². The van der Waals surface area contributed by atoms with Gasteiger partial charge in [-0.2, -0.15) is 5.10 Å². The Morgan fingerprint density at radius 1 is 1.04 bits per heavy atom. The van der Waals surface area contributed by atoms with Crippen LogP contribution in [0.25, 0.3) is 16.8 Å². The summed E-state index contributed by atoms with van der Waals surface area (Å²) in [5, 5.41) is 4.79. The Labute approximate surface area is 151 Å². The predicted octanol–water partition coefficient (Wildman–Crippen LogP) is 4.57. The highest BCUT2D eigenvalue weighted by molar-refractivity contribution is 6.01. The maximum absolute atomic E-state index is 13.3. The van der Waals surface area contributed by atoms with Crippen molar-refractivity contribution in [3.63, 3.8) is 0 Å². The van der Waals surface area contributed by atoms with Gasteiger partial charge in [0.25, 0.3) is 0 Å². The molecule has 0 atom stereocenters. The van der Waals surface area contributed by atoms with Crippen molar-refractivity contribution in [2.24, 2.45) is 0 Å². The smallest absolute Gasteiger partial charge is 0.163 e. The lowest BCUT2D eigenvalue weighted by Gasteiger charge is -2.17. The van der Waals surface area contributed by atoms with E-state index in [1.54, 1.807) is 18.2 Å². The van der Waals surface area contributed by atoms with E-state index in [0.29, 0.717) is 12.1 Å². The van der Waals surface area contributed by atoms with Gasteiger partial charge in [0, 0.05) is 17.2 Å². The summed E-state index contributed by atoms with van der Waals surface area (Å²) in [4.78, 5) is 12.4. The van der Waals surface area contributed by atoms with Crippen LogP contribution in [-0.4, -0.2) is 15.6 Å². The molecule has 0 saturated carbocycles. The zero-order valence-electron chi connectivity index (χ0n) is 14.8. The molecule has 4 rings (SSSR count). The van der Waals surface area contributed by atoms with Crippen molar-refractivity contribution in [2.75, 3.05) is 0 Å². The number of carbonyl (C=O) groups is 1.